The van der Waals surface area contributed by atoms with Crippen molar-refractivity contribution >= 4 is 29.3 Å². The summed E-state index contributed by atoms with van der Waals surface area (Å²) in [6, 6.07) is 7.27. The number of hydrogen-bond acceptors (Lipinski definition) is 4. The molecule has 1 atom stereocenters. The minimum absolute atomic E-state index is 0.0457. The highest BCUT2D eigenvalue weighted by Gasteiger charge is 2.33. The molecule has 0 unspecified atom stereocenters. The minimum atomic E-state index is -0.153. The van der Waals surface area contributed by atoms with Crippen molar-refractivity contribution in [3.05, 3.63) is 34.9 Å². The number of hydrogen-bond donors (Lipinski definition) is 1. The molecule has 0 aromatic heterocycles. The molecule has 0 radical (unpaired) electrons. The Hall–Kier alpha value is -2.12. The Balaban J connectivity index is 1.26. The normalized spacial score (nSPS) is 22.6. The zero-order valence-corrected chi connectivity index (χ0v) is 17.9. The predicted octanol–water partition coefficient (Wildman–Crippen LogP) is 1.62. The van der Waals surface area contributed by atoms with Crippen LogP contribution >= 0.6 is 11.6 Å². The summed E-state index contributed by atoms with van der Waals surface area (Å²) in [5.41, 5.74) is 0.602. The number of halogens is 1. The van der Waals surface area contributed by atoms with Crippen LogP contribution < -0.4 is 5.32 Å². The second kappa shape index (κ2) is 9.35. The molecule has 1 saturated carbocycles. The lowest BCUT2D eigenvalue weighted by Crippen LogP contribution is -2.54. The first-order valence-corrected chi connectivity index (χ1v) is 11.2. The summed E-state index contributed by atoms with van der Waals surface area (Å²) in [4.78, 5) is 43.6. The van der Waals surface area contributed by atoms with Crippen LogP contribution in [0.5, 0.6) is 0 Å². The molecule has 2 saturated heterocycles. The van der Waals surface area contributed by atoms with Crippen molar-refractivity contribution in [1.82, 2.24) is 20.0 Å². The van der Waals surface area contributed by atoms with Gasteiger partial charge in [0.25, 0.3) is 5.91 Å². The SMILES string of the molecule is O=C(CN1CCN(C(=O)[C@H]2CCCN(C(=O)c3ccc(Cl)cc3)C2)CC1)NC1CC1. The average Bonchev–Trinajstić information content (AvgIpc) is 3.58. The number of likely N-dealkylation sites (tertiary alicyclic amines) is 1. The van der Waals surface area contributed by atoms with E-state index in [1.807, 2.05) is 4.90 Å². The predicted molar refractivity (Wildman–Crippen MR) is 114 cm³/mol. The molecule has 4 rings (SSSR count). The Morgan fingerprint density at radius 2 is 1.63 bits per heavy atom. The van der Waals surface area contributed by atoms with Crippen molar-refractivity contribution in [1.29, 1.82) is 0 Å². The second-order valence-electron chi connectivity index (χ2n) is 8.54. The highest BCUT2D eigenvalue weighted by Crippen LogP contribution is 2.22. The monoisotopic (exact) mass is 432 g/mol. The maximum atomic E-state index is 13.1. The first-order chi connectivity index (χ1) is 14.5. The quantitative estimate of drug-likeness (QED) is 0.767. The molecule has 2 heterocycles. The van der Waals surface area contributed by atoms with E-state index >= 15 is 0 Å². The lowest BCUT2D eigenvalue weighted by atomic mass is 9.95. The van der Waals surface area contributed by atoms with Gasteiger partial charge in [-0.2, -0.15) is 0 Å². The van der Waals surface area contributed by atoms with Crippen molar-refractivity contribution in [2.24, 2.45) is 5.92 Å². The number of piperazine rings is 1. The Morgan fingerprint density at radius 1 is 0.933 bits per heavy atom. The number of nitrogens with zero attached hydrogens (tertiary/aromatic N) is 3. The summed E-state index contributed by atoms with van der Waals surface area (Å²) in [7, 11) is 0. The first kappa shape index (κ1) is 21.1. The van der Waals surface area contributed by atoms with E-state index in [0.717, 1.165) is 25.7 Å². The standard InChI is InChI=1S/C22H29ClN4O3/c23-18-5-3-16(4-6-18)21(29)27-9-1-2-17(14-27)22(30)26-12-10-25(11-13-26)15-20(28)24-19-7-8-19/h3-6,17,19H,1-2,7-15H2,(H,24,28)/t17-/m0/s1. The molecular weight excluding hydrogens is 404 g/mol. The molecule has 1 aliphatic carbocycles. The average molecular weight is 433 g/mol. The molecule has 30 heavy (non-hydrogen) atoms. The van der Waals surface area contributed by atoms with E-state index in [1.165, 1.54) is 0 Å². The Bertz CT molecular complexity index is 788. The van der Waals surface area contributed by atoms with Crippen LogP contribution in [-0.2, 0) is 9.59 Å². The van der Waals surface area contributed by atoms with E-state index in [4.69, 9.17) is 11.6 Å². The molecule has 3 amide bonds. The lowest BCUT2D eigenvalue weighted by molar-refractivity contribution is -0.138. The first-order valence-electron chi connectivity index (χ1n) is 10.8. The van der Waals surface area contributed by atoms with Crippen LogP contribution in [0.1, 0.15) is 36.0 Å². The summed E-state index contributed by atoms with van der Waals surface area (Å²) in [6.45, 7) is 4.24. The van der Waals surface area contributed by atoms with Gasteiger partial charge in [-0.15, -0.1) is 0 Å². The highest BCUT2D eigenvalue weighted by molar-refractivity contribution is 6.30. The number of carbonyl (C=O) groups is 3. The van der Waals surface area contributed by atoms with Gasteiger partial charge in [-0.25, -0.2) is 0 Å². The number of amides is 3. The molecule has 3 aliphatic rings. The third kappa shape index (κ3) is 5.32. The van der Waals surface area contributed by atoms with Gasteiger partial charge in [-0.05, 0) is 49.9 Å². The van der Waals surface area contributed by atoms with Gasteiger partial charge in [-0.1, -0.05) is 11.6 Å². The van der Waals surface area contributed by atoms with Gasteiger partial charge in [0.05, 0.1) is 12.5 Å². The van der Waals surface area contributed by atoms with E-state index < -0.39 is 0 Å². The molecule has 2 aliphatic heterocycles. The van der Waals surface area contributed by atoms with E-state index in [-0.39, 0.29) is 23.6 Å². The van der Waals surface area contributed by atoms with Crippen LogP contribution in [-0.4, -0.2) is 84.3 Å². The molecule has 3 fully saturated rings. The summed E-state index contributed by atoms with van der Waals surface area (Å²) < 4.78 is 0. The number of benzene rings is 1. The van der Waals surface area contributed by atoms with Gasteiger partial charge in [0.2, 0.25) is 11.8 Å². The zero-order chi connectivity index (χ0) is 21.1. The maximum absolute atomic E-state index is 13.1. The van der Waals surface area contributed by atoms with Gasteiger partial charge in [-0.3, -0.25) is 19.3 Å². The zero-order valence-electron chi connectivity index (χ0n) is 17.2. The van der Waals surface area contributed by atoms with Crippen molar-refractivity contribution in [3.63, 3.8) is 0 Å². The van der Waals surface area contributed by atoms with E-state index in [0.29, 0.717) is 62.4 Å². The smallest absolute Gasteiger partial charge is 0.253 e. The third-order valence-corrected chi connectivity index (χ3v) is 6.39. The number of carbonyl (C=O) groups excluding carboxylic acids is 3. The van der Waals surface area contributed by atoms with Crippen LogP contribution in [0.15, 0.2) is 24.3 Å². The number of nitrogens with one attached hydrogen (secondary N) is 1. The van der Waals surface area contributed by atoms with Gasteiger partial charge < -0.3 is 15.1 Å². The van der Waals surface area contributed by atoms with Crippen LogP contribution in [0.4, 0.5) is 0 Å². The minimum Gasteiger partial charge on any atom is -0.352 e. The van der Waals surface area contributed by atoms with Crippen LogP contribution in [0.3, 0.4) is 0 Å². The van der Waals surface area contributed by atoms with E-state index in [9.17, 15) is 14.4 Å². The molecule has 1 aromatic carbocycles. The van der Waals surface area contributed by atoms with Crippen LogP contribution in [0.2, 0.25) is 5.02 Å². The molecular formula is C22H29ClN4O3. The van der Waals surface area contributed by atoms with Gasteiger partial charge in [0.15, 0.2) is 0 Å². The maximum Gasteiger partial charge on any atom is 0.253 e. The van der Waals surface area contributed by atoms with Crippen LogP contribution in [0.25, 0.3) is 0 Å². The van der Waals surface area contributed by atoms with Crippen molar-refractivity contribution < 1.29 is 14.4 Å². The fourth-order valence-electron chi connectivity index (χ4n) is 4.23. The lowest BCUT2D eigenvalue weighted by Gasteiger charge is -2.38. The Kier molecular flexibility index (Phi) is 6.58. The molecule has 0 spiro atoms. The summed E-state index contributed by atoms with van der Waals surface area (Å²) in [6.07, 6.45) is 3.82. The van der Waals surface area contributed by atoms with Crippen molar-refractivity contribution in [2.75, 3.05) is 45.8 Å². The Labute approximate surface area is 182 Å². The molecule has 1 aromatic rings. The molecule has 162 valence electrons. The molecule has 7 nitrogen and oxygen atoms in total. The number of rotatable bonds is 5. The van der Waals surface area contributed by atoms with Gasteiger partial charge in [0.1, 0.15) is 0 Å². The summed E-state index contributed by atoms with van der Waals surface area (Å²) in [5, 5.41) is 3.61. The molecule has 0 bridgehead atoms. The topological polar surface area (TPSA) is 73.0 Å². The van der Waals surface area contributed by atoms with E-state index in [2.05, 4.69) is 10.2 Å². The van der Waals surface area contributed by atoms with Crippen LogP contribution in [0, 0.1) is 5.92 Å². The van der Waals surface area contributed by atoms with Gasteiger partial charge >= 0.3 is 0 Å². The van der Waals surface area contributed by atoms with Crippen molar-refractivity contribution in [2.45, 2.75) is 31.7 Å². The van der Waals surface area contributed by atoms with Gasteiger partial charge in [0, 0.05) is 55.9 Å². The Morgan fingerprint density at radius 3 is 2.30 bits per heavy atom. The summed E-state index contributed by atoms with van der Waals surface area (Å²) >= 11 is 5.92. The second-order valence-corrected chi connectivity index (χ2v) is 8.98. The third-order valence-electron chi connectivity index (χ3n) is 6.14. The summed E-state index contributed by atoms with van der Waals surface area (Å²) in [5.74, 6) is 0.0157. The fourth-order valence-corrected chi connectivity index (χ4v) is 4.35. The van der Waals surface area contributed by atoms with Crippen molar-refractivity contribution in [3.8, 4) is 0 Å². The molecule has 8 heteroatoms. The highest BCUT2D eigenvalue weighted by atomic mass is 35.5. The molecule has 1 N–H and O–H groups in total. The number of piperidine rings is 1. The van der Waals surface area contributed by atoms with E-state index in [1.54, 1.807) is 29.2 Å². The largest absolute Gasteiger partial charge is 0.352 e. The fraction of sp³-hybridized carbons (Fsp3) is 0.591.